The lowest BCUT2D eigenvalue weighted by Gasteiger charge is -2.56. The van der Waals surface area contributed by atoms with Crippen LogP contribution >= 0.6 is 0 Å². The Labute approximate surface area is 242 Å². The van der Waals surface area contributed by atoms with E-state index in [1.165, 1.54) is 0 Å². The van der Waals surface area contributed by atoms with Gasteiger partial charge in [-0.05, 0) is 30.2 Å². The van der Waals surface area contributed by atoms with Gasteiger partial charge < -0.3 is 24.4 Å². The van der Waals surface area contributed by atoms with E-state index in [-0.39, 0.29) is 12.0 Å². The first kappa shape index (κ1) is 22.4. The van der Waals surface area contributed by atoms with Crippen LogP contribution in [0.15, 0.2) is 55.1 Å². The van der Waals surface area contributed by atoms with E-state index in [0.29, 0.717) is 42.1 Å². The van der Waals surface area contributed by atoms with Crippen LogP contribution in [-0.4, -0.2) is 89.1 Å². The zero-order chi connectivity index (χ0) is 30.3. The number of methoxy groups -OCH3 is 1. The molecule has 4 aliphatic rings. The highest BCUT2D eigenvalue weighted by atomic mass is 16.5. The Morgan fingerprint density at radius 3 is 2.83 bits per heavy atom. The maximum atomic E-state index is 9.74. The number of anilines is 1. The van der Waals surface area contributed by atoms with Crippen LogP contribution in [0.2, 0.25) is 0 Å². The quantitative estimate of drug-likeness (QED) is 0.348. The number of nitrogens with zero attached hydrogens (tertiary/aromatic N) is 7. The Balaban J connectivity index is 1.03. The molecule has 11 nitrogen and oxygen atoms in total. The Kier molecular flexibility index (Phi) is 6.01. The summed E-state index contributed by atoms with van der Waals surface area (Å²) in [4.78, 5) is 13.8. The molecule has 4 aliphatic heterocycles. The number of ether oxygens (including phenoxy) is 3. The molecule has 4 aromatic heterocycles. The van der Waals surface area contributed by atoms with Crippen LogP contribution < -0.4 is 19.7 Å². The molecule has 0 aromatic carbocycles. The number of fused-ring (bicyclic) bond motifs is 3. The van der Waals surface area contributed by atoms with Crippen molar-refractivity contribution in [2.45, 2.75) is 31.2 Å². The summed E-state index contributed by atoms with van der Waals surface area (Å²) in [6, 6.07) is 12.5. The molecule has 0 aliphatic carbocycles. The van der Waals surface area contributed by atoms with E-state index in [1.807, 2.05) is 30.5 Å². The van der Waals surface area contributed by atoms with Gasteiger partial charge in [0.15, 0.2) is 0 Å². The predicted octanol–water partition coefficient (Wildman–Crippen LogP) is 2.50. The summed E-state index contributed by atoms with van der Waals surface area (Å²) < 4.78 is 40.1. The number of hydrogen-bond acceptors (Lipinski definition) is 10. The van der Waals surface area contributed by atoms with Gasteiger partial charge in [-0.2, -0.15) is 10.4 Å². The largest absolute Gasteiger partial charge is 0.489 e. The van der Waals surface area contributed by atoms with Gasteiger partial charge in [-0.3, -0.25) is 4.90 Å². The number of nitriles is 1. The van der Waals surface area contributed by atoms with Gasteiger partial charge in [-0.15, -0.1) is 0 Å². The SMILES string of the molecule is [2H]C([2H])([2H])Oc1ccc(CN2C3CC2CN(c2ccc(-c4cc(OC[C@H]5CNCCO5)cn5ncc(C#N)c45)cn2)C3)cn1. The topological polar surface area (TPSA) is 113 Å². The van der Waals surface area contributed by atoms with E-state index in [1.54, 1.807) is 29.2 Å². The fourth-order valence-electron chi connectivity index (χ4n) is 6.03. The van der Waals surface area contributed by atoms with Crippen LogP contribution in [0.4, 0.5) is 5.82 Å². The summed E-state index contributed by atoms with van der Waals surface area (Å²) in [6.07, 6.45) is 8.00. The monoisotopic (exact) mass is 555 g/mol. The van der Waals surface area contributed by atoms with Gasteiger partial charge >= 0.3 is 0 Å². The van der Waals surface area contributed by atoms with Crippen molar-refractivity contribution < 1.29 is 18.3 Å². The number of nitrogens with one attached hydrogen (secondary N) is 1. The number of morpholine rings is 1. The average molecular weight is 556 g/mol. The third-order valence-electron chi connectivity index (χ3n) is 8.14. The highest BCUT2D eigenvalue weighted by Gasteiger charge is 2.44. The molecule has 8 heterocycles. The standard InChI is InChI=1S/C30H32N8O3/c1-39-29-5-2-20(11-34-29)15-37-23-8-24(37)17-36(16-23)28-4-3-21(12-33-28)27-9-25(41-19-26-14-32-6-7-40-26)18-38-30(27)22(10-31)13-35-38/h2-5,9,11-13,18,23-24,26,32H,6-8,14-17,19H2,1H3/t23?,24?,26-/m1/s1/i1D3. The number of aromatic nitrogens is 4. The second kappa shape index (κ2) is 11.0. The molecule has 3 atom stereocenters. The van der Waals surface area contributed by atoms with E-state index in [4.69, 9.17) is 23.3 Å². The first-order chi connectivity index (χ1) is 21.3. The van der Waals surface area contributed by atoms with Crippen LogP contribution in [0, 0.1) is 11.3 Å². The molecule has 2 unspecified atom stereocenters. The number of piperazine rings is 1. The minimum Gasteiger partial charge on any atom is -0.489 e. The molecule has 0 amide bonds. The lowest BCUT2D eigenvalue weighted by Crippen LogP contribution is -2.68. The highest BCUT2D eigenvalue weighted by Crippen LogP contribution is 2.36. The second-order valence-electron chi connectivity index (χ2n) is 10.7. The molecule has 41 heavy (non-hydrogen) atoms. The first-order valence-electron chi connectivity index (χ1n) is 15.3. The van der Waals surface area contributed by atoms with Crippen molar-refractivity contribution in [1.29, 1.82) is 5.26 Å². The molecular formula is C30H32N8O3. The van der Waals surface area contributed by atoms with Crippen molar-refractivity contribution in [2.24, 2.45) is 0 Å². The lowest BCUT2D eigenvalue weighted by atomic mass is 9.87. The van der Waals surface area contributed by atoms with Crippen LogP contribution in [0.5, 0.6) is 11.6 Å². The predicted molar refractivity (Wildman–Crippen MR) is 152 cm³/mol. The molecule has 4 aromatic rings. The van der Waals surface area contributed by atoms with Gasteiger partial charge in [0.1, 0.15) is 30.3 Å². The molecule has 0 saturated carbocycles. The molecule has 11 heteroatoms. The summed E-state index contributed by atoms with van der Waals surface area (Å²) in [7, 11) is -2.51. The van der Waals surface area contributed by atoms with E-state index in [0.717, 1.165) is 61.7 Å². The molecule has 8 rings (SSSR count). The van der Waals surface area contributed by atoms with E-state index in [9.17, 15) is 5.26 Å². The van der Waals surface area contributed by atoms with E-state index < -0.39 is 7.04 Å². The normalized spacial score (nSPS) is 23.6. The smallest absolute Gasteiger partial charge is 0.212 e. The van der Waals surface area contributed by atoms with Gasteiger partial charge in [0.2, 0.25) is 5.88 Å². The minimum atomic E-state index is -2.51. The first-order valence-corrected chi connectivity index (χ1v) is 13.8. The fourth-order valence-corrected chi connectivity index (χ4v) is 6.03. The van der Waals surface area contributed by atoms with Gasteiger partial charge in [0.25, 0.3) is 0 Å². The highest BCUT2D eigenvalue weighted by molar-refractivity contribution is 5.85. The zero-order valence-electron chi connectivity index (χ0n) is 25.4. The van der Waals surface area contributed by atoms with Crippen LogP contribution in [0.25, 0.3) is 16.6 Å². The molecular weight excluding hydrogens is 520 g/mol. The van der Waals surface area contributed by atoms with Crippen LogP contribution in [0.1, 0.15) is 21.7 Å². The van der Waals surface area contributed by atoms with Crippen molar-refractivity contribution in [3.05, 3.63) is 66.2 Å². The third kappa shape index (κ3) is 5.06. The lowest BCUT2D eigenvalue weighted by molar-refractivity contribution is -0.00876. The van der Waals surface area contributed by atoms with Gasteiger partial charge in [0, 0.05) is 74.4 Å². The molecule has 1 N–H and O–H groups in total. The van der Waals surface area contributed by atoms with E-state index >= 15 is 0 Å². The fraction of sp³-hybridized carbons (Fsp3) is 0.400. The molecule has 2 bridgehead atoms. The number of pyridine rings is 3. The van der Waals surface area contributed by atoms with Gasteiger partial charge in [0.05, 0.1) is 41.2 Å². The van der Waals surface area contributed by atoms with E-state index in [2.05, 4.69) is 31.3 Å². The Hall–Kier alpha value is -4.24. The Morgan fingerprint density at radius 1 is 1.17 bits per heavy atom. The Bertz CT molecular complexity index is 1650. The molecule has 0 radical (unpaired) electrons. The average Bonchev–Trinajstić information content (AvgIpc) is 3.46. The summed E-state index contributed by atoms with van der Waals surface area (Å²) >= 11 is 0. The number of rotatable bonds is 8. The zero-order valence-corrected chi connectivity index (χ0v) is 22.4. The van der Waals surface area contributed by atoms with Crippen molar-refractivity contribution in [2.75, 3.05) is 51.3 Å². The van der Waals surface area contributed by atoms with Crippen molar-refractivity contribution >= 4 is 11.3 Å². The van der Waals surface area contributed by atoms with Gasteiger partial charge in [-0.25, -0.2) is 14.5 Å². The maximum absolute atomic E-state index is 9.74. The van der Waals surface area contributed by atoms with Crippen molar-refractivity contribution in [3.8, 4) is 28.8 Å². The molecule has 4 saturated heterocycles. The minimum absolute atomic E-state index is 0.0250. The van der Waals surface area contributed by atoms with Crippen molar-refractivity contribution in [3.63, 3.8) is 0 Å². The van der Waals surface area contributed by atoms with Crippen molar-refractivity contribution in [1.82, 2.24) is 29.8 Å². The Morgan fingerprint density at radius 2 is 2.10 bits per heavy atom. The van der Waals surface area contributed by atoms with Gasteiger partial charge in [-0.1, -0.05) is 6.07 Å². The molecule has 210 valence electrons. The maximum Gasteiger partial charge on any atom is 0.212 e. The number of piperidine rings is 1. The van der Waals surface area contributed by atoms with Crippen LogP contribution in [-0.2, 0) is 11.3 Å². The summed E-state index contributed by atoms with van der Waals surface area (Å²) in [5, 5.41) is 17.4. The molecule has 4 fully saturated rings. The van der Waals surface area contributed by atoms with Crippen LogP contribution in [0.3, 0.4) is 0 Å². The molecule has 0 spiro atoms. The number of hydrogen-bond donors (Lipinski definition) is 1. The summed E-state index contributed by atoms with van der Waals surface area (Å²) in [6.45, 7) is 5.14. The third-order valence-corrected chi connectivity index (χ3v) is 8.14. The second-order valence-corrected chi connectivity index (χ2v) is 10.7. The summed E-state index contributed by atoms with van der Waals surface area (Å²) in [5.41, 5.74) is 3.92. The summed E-state index contributed by atoms with van der Waals surface area (Å²) in [5.74, 6) is 1.65.